The normalized spacial score (nSPS) is 13.6. The fourth-order valence-corrected chi connectivity index (χ4v) is 7.29. The summed E-state index contributed by atoms with van der Waals surface area (Å²) in [5, 5.41) is 0. The molecule has 0 N–H and O–H groups in total. The Morgan fingerprint density at radius 1 is 0.549 bits per heavy atom. The summed E-state index contributed by atoms with van der Waals surface area (Å²) in [6.07, 6.45) is 21.8. The molecule has 2 heterocycles. The summed E-state index contributed by atoms with van der Waals surface area (Å²) in [6, 6.07) is 17.7. The van der Waals surface area contributed by atoms with E-state index in [0.29, 0.717) is 58.1 Å². The third-order valence-electron chi connectivity index (χ3n) is 10.1. The number of benzene rings is 3. The molecule has 7 nitrogen and oxygen atoms in total. The van der Waals surface area contributed by atoms with Gasteiger partial charge >= 0.3 is 17.9 Å². The number of hydrogen-bond donors (Lipinski definition) is 0. The average Bonchev–Trinajstić information content (AvgIpc) is 3.42. The van der Waals surface area contributed by atoms with E-state index in [-0.39, 0.29) is 11.9 Å². The van der Waals surface area contributed by atoms with Gasteiger partial charge in [0.25, 0.3) is 0 Å². The van der Waals surface area contributed by atoms with Crippen molar-refractivity contribution >= 4 is 17.9 Å². The van der Waals surface area contributed by atoms with Crippen molar-refractivity contribution in [1.82, 2.24) is 0 Å². The van der Waals surface area contributed by atoms with Crippen molar-refractivity contribution in [1.29, 1.82) is 0 Å². The van der Waals surface area contributed by atoms with Crippen LogP contribution in [0.3, 0.4) is 0 Å². The third-order valence-corrected chi connectivity index (χ3v) is 10.1. The fourth-order valence-electron chi connectivity index (χ4n) is 7.29. The van der Waals surface area contributed by atoms with Gasteiger partial charge in [-0.2, -0.15) is 0 Å². The Balaban J connectivity index is 1.23. The van der Waals surface area contributed by atoms with Gasteiger partial charge in [-0.1, -0.05) is 135 Å². The highest BCUT2D eigenvalue weighted by molar-refractivity contribution is 5.97. The highest BCUT2D eigenvalue weighted by Gasteiger charge is 2.53. The Morgan fingerprint density at radius 2 is 0.980 bits per heavy atom. The Morgan fingerprint density at radius 3 is 1.45 bits per heavy atom. The van der Waals surface area contributed by atoms with Gasteiger partial charge in [0.2, 0.25) is 0 Å². The molecule has 0 saturated carbocycles. The van der Waals surface area contributed by atoms with Crippen LogP contribution in [0.15, 0.2) is 60.7 Å². The van der Waals surface area contributed by atoms with E-state index >= 15 is 0 Å². The molecule has 0 atom stereocenters. The summed E-state index contributed by atoms with van der Waals surface area (Å²) in [7, 11) is 0. The fraction of sp³-hybridized carbons (Fsp3) is 0.523. The molecule has 0 aromatic heterocycles. The van der Waals surface area contributed by atoms with Crippen molar-refractivity contribution in [2.75, 3.05) is 0 Å². The molecule has 0 bridgehead atoms. The summed E-state index contributed by atoms with van der Waals surface area (Å²) in [4.78, 5) is 38.8. The molecule has 2 aliphatic heterocycles. The zero-order valence-corrected chi connectivity index (χ0v) is 30.8. The zero-order chi connectivity index (χ0) is 35.9. The van der Waals surface area contributed by atoms with Gasteiger partial charge in [0, 0.05) is 41.7 Å². The van der Waals surface area contributed by atoms with Gasteiger partial charge in [0.1, 0.15) is 23.0 Å². The first-order valence-corrected chi connectivity index (χ1v) is 19.7. The molecule has 0 fully saturated rings. The summed E-state index contributed by atoms with van der Waals surface area (Å²) in [5.74, 6) is 0.503. The van der Waals surface area contributed by atoms with Crippen molar-refractivity contribution in [3.8, 4) is 23.0 Å². The van der Waals surface area contributed by atoms with E-state index in [9.17, 15) is 14.4 Å². The summed E-state index contributed by atoms with van der Waals surface area (Å²) in [5.41, 5.74) is 1.16. The van der Waals surface area contributed by atoms with Crippen molar-refractivity contribution in [2.45, 2.75) is 148 Å². The molecule has 0 radical (unpaired) electrons. The van der Waals surface area contributed by atoms with E-state index < -0.39 is 11.6 Å². The van der Waals surface area contributed by atoms with Crippen molar-refractivity contribution < 1.29 is 33.3 Å². The summed E-state index contributed by atoms with van der Waals surface area (Å²) in [6.45, 7) is 4.46. The van der Waals surface area contributed by atoms with Crippen LogP contribution in [0.1, 0.15) is 169 Å². The number of ether oxygens (including phenoxy) is 4. The second-order valence-electron chi connectivity index (χ2n) is 14.1. The minimum Gasteiger partial charge on any atom is -0.456 e. The second kappa shape index (κ2) is 19.5. The smallest absolute Gasteiger partial charge is 0.340 e. The first-order chi connectivity index (χ1) is 25.0. The number of fused-ring (bicyclic) bond motifs is 6. The van der Waals surface area contributed by atoms with Gasteiger partial charge in [0.05, 0.1) is 5.56 Å². The van der Waals surface area contributed by atoms with Crippen LogP contribution >= 0.6 is 0 Å². The van der Waals surface area contributed by atoms with Crippen molar-refractivity contribution in [2.24, 2.45) is 0 Å². The van der Waals surface area contributed by atoms with Gasteiger partial charge in [-0.25, -0.2) is 4.79 Å². The molecule has 2 aliphatic rings. The Kier molecular flexibility index (Phi) is 14.5. The minimum absolute atomic E-state index is 0.289. The van der Waals surface area contributed by atoms with E-state index in [1.54, 1.807) is 42.5 Å². The predicted octanol–water partition coefficient (Wildman–Crippen LogP) is 11.9. The minimum atomic E-state index is -1.27. The van der Waals surface area contributed by atoms with Gasteiger partial charge in [0.15, 0.2) is 5.60 Å². The van der Waals surface area contributed by atoms with Crippen LogP contribution in [0.4, 0.5) is 0 Å². The van der Waals surface area contributed by atoms with Crippen LogP contribution in [0.5, 0.6) is 23.0 Å². The molecular weight excluding hydrogens is 640 g/mol. The molecule has 274 valence electrons. The first-order valence-electron chi connectivity index (χ1n) is 19.7. The van der Waals surface area contributed by atoms with Crippen LogP contribution in [0.2, 0.25) is 0 Å². The second-order valence-corrected chi connectivity index (χ2v) is 14.1. The number of esters is 3. The van der Waals surface area contributed by atoms with Crippen molar-refractivity contribution in [3.63, 3.8) is 0 Å². The standard InChI is InChI=1S/C44H56O7/c1-3-5-7-9-11-13-15-17-19-25-41(45)48-33-27-29-37-39(31-33)50-40-32-34(49-42(46)26-20-18-16-14-12-10-8-6-4-2)28-30-38(40)44(37)36-24-22-21-23-35(36)43(47)51-44/h21-24,27-32H,3-20,25-26H2,1-2H3. The van der Waals surface area contributed by atoms with Gasteiger partial charge in [-0.3, -0.25) is 9.59 Å². The largest absolute Gasteiger partial charge is 0.456 e. The number of rotatable bonds is 22. The van der Waals surface area contributed by atoms with Crippen LogP contribution in [0.25, 0.3) is 0 Å². The van der Waals surface area contributed by atoms with Crippen molar-refractivity contribution in [3.05, 3.63) is 82.9 Å². The monoisotopic (exact) mass is 696 g/mol. The zero-order valence-electron chi connectivity index (χ0n) is 30.8. The molecule has 0 saturated heterocycles. The molecule has 0 amide bonds. The summed E-state index contributed by atoms with van der Waals surface area (Å²) < 4.78 is 24.1. The molecule has 1 spiro atoms. The Bertz CT molecular complexity index is 1520. The lowest BCUT2D eigenvalue weighted by atomic mass is 9.77. The van der Waals surface area contributed by atoms with E-state index in [1.807, 2.05) is 18.2 Å². The molecule has 3 aromatic rings. The van der Waals surface area contributed by atoms with E-state index in [4.69, 9.17) is 18.9 Å². The van der Waals surface area contributed by atoms with Gasteiger partial charge in [-0.05, 0) is 43.2 Å². The number of carbonyl (C=O) groups excluding carboxylic acids is 3. The van der Waals surface area contributed by atoms with Crippen LogP contribution in [-0.2, 0) is 19.9 Å². The Hall–Kier alpha value is -4.13. The molecule has 5 rings (SSSR count). The molecule has 3 aromatic carbocycles. The van der Waals surface area contributed by atoms with Crippen LogP contribution in [-0.4, -0.2) is 17.9 Å². The maximum atomic E-state index is 13.2. The highest BCUT2D eigenvalue weighted by atomic mass is 16.6. The van der Waals surface area contributed by atoms with E-state index in [1.165, 1.54) is 77.0 Å². The van der Waals surface area contributed by atoms with Gasteiger partial charge in [-0.15, -0.1) is 0 Å². The molecule has 51 heavy (non-hydrogen) atoms. The lowest BCUT2D eigenvalue weighted by Gasteiger charge is -2.36. The van der Waals surface area contributed by atoms with E-state index in [0.717, 1.165) is 38.5 Å². The van der Waals surface area contributed by atoms with E-state index in [2.05, 4.69) is 13.8 Å². The van der Waals surface area contributed by atoms with Crippen LogP contribution < -0.4 is 14.2 Å². The maximum Gasteiger partial charge on any atom is 0.340 e. The van der Waals surface area contributed by atoms with Gasteiger partial charge < -0.3 is 18.9 Å². The molecule has 0 aliphatic carbocycles. The highest BCUT2D eigenvalue weighted by Crippen LogP contribution is 2.57. The molecule has 7 heteroatoms. The first kappa shape index (κ1) is 38.1. The SMILES string of the molecule is CCCCCCCCCCCC(=O)Oc1ccc2c(c1)Oc1cc(OC(=O)CCCCCCCCCCC)ccc1C21OC(=O)c2ccccc21. The topological polar surface area (TPSA) is 88.1 Å². The quantitative estimate of drug-likeness (QED) is 0.0587. The third kappa shape index (κ3) is 10.0. The lowest BCUT2D eigenvalue weighted by Crippen LogP contribution is -2.33. The lowest BCUT2D eigenvalue weighted by molar-refractivity contribution is -0.135. The molecule has 0 unspecified atom stereocenters. The number of unbranched alkanes of at least 4 members (excludes halogenated alkanes) is 16. The Labute approximate surface area is 304 Å². The number of hydrogen-bond acceptors (Lipinski definition) is 7. The molecular formula is C44H56O7. The average molecular weight is 697 g/mol. The number of carbonyl (C=O) groups is 3. The predicted molar refractivity (Wildman–Crippen MR) is 200 cm³/mol. The maximum absolute atomic E-state index is 13.2. The summed E-state index contributed by atoms with van der Waals surface area (Å²) >= 11 is 0. The van der Waals surface area contributed by atoms with Crippen LogP contribution in [0, 0.1) is 0 Å².